The Kier molecular flexibility index (Phi) is 5.07. The minimum absolute atomic E-state index is 0.899. The van der Waals surface area contributed by atoms with Crippen LogP contribution in [0.5, 0.6) is 0 Å². The number of rotatable bonds is 5. The molecule has 0 atom stereocenters. The lowest BCUT2D eigenvalue weighted by atomic mass is 10.3. The number of carboxylic acid groups (broad SMARTS) is 1. The number of thiazole rings is 1. The summed E-state index contributed by atoms with van der Waals surface area (Å²) in [4.78, 5) is 20.4. The summed E-state index contributed by atoms with van der Waals surface area (Å²) in [5, 5.41) is 9.64. The highest BCUT2D eigenvalue weighted by atomic mass is 32.1. The third-order valence-electron chi connectivity index (χ3n) is 3.20. The zero-order valence-corrected chi connectivity index (χ0v) is 11.9. The van der Waals surface area contributed by atoms with Crippen molar-refractivity contribution in [2.75, 3.05) is 39.8 Å². The van der Waals surface area contributed by atoms with Gasteiger partial charge in [0.2, 0.25) is 0 Å². The van der Waals surface area contributed by atoms with Gasteiger partial charge < -0.3 is 14.9 Å². The number of aromatic nitrogens is 1. The van der Waals surface area contributed by atoms with Crippen LogP contribution in [0.3, 0.4) is 0 Å². The molecule has 1 N–H and O–H groups in total. The minimum atomic E-state index is -0.924. The molecule has 1 aromatic rings. The molecule has 2 rings (SSSR count). The highest BCUT2D eigenvalue weighted by Gasteiger charge is 2.13. The molecule has 1 aliphatic heterocycles. The largest absolute Gasteiger partial charge is 0.478 e. The molecule has 0 saturated carbocycles. The Morgan fingerprint density at radius 2 is 2.21 bits per heavy atom. The molecule has 0 aliphatic carbocycles. The topological polar surface area (TPSA) is 56.7 Å². The molecule has 0 bridgehead atoms. The third-order valence-corrected chi connectivity index (χ3v) is 4.22. The van der Waals surface area contributed by atoms with Crippen LogP contribution in [0, 0.1) is 0 Å². The quantitative estimate of drug-likeness (QED) is 0.817. The molecule has 104 valence electrons. The smallest absolute Gasteiger partial charge is 0.328 e. The van der Waals surface area contributed by atoms with Gasteiger partial charge in [-0.2, -0.15) is 0 Å². The minimum Gasteiger partial charge on any atom is -0.478 e. The van der Waals surface area contributed by atoms with Gasteiger partial charge in [0.05, 0.1) is 5.01 Å². The summed E-state index contributed by atoms with van der Waals surface area (Å²) >= 11 is 1.57. The maximum Gasteiger partial charge on any atom is 0.328 e. The van der Waals surface area contributed by atoms with Crippen molar-refractivity contribution in [2.24, 2.45) is 0 Å². The van der Waals surface area contributed by atoms with Crippen molar-refractivity contribution in [1.82, 2.24) is 14.8 Å². The molecule has 0 aromatic carbocycles. The number of aliphatic carboxylic acids is 1. The van der Waals surface area contributed by atoms with Gasteiger partial charge in [0.25, 0.3) is 0 Å². The first kappa shape index (κ1) is 14.2. The Hall–Kier alpha value is -1.24. The van der Waals surface area contributed by atoms with Crippen molar-refractivity contribution in [3.63, 3.8) is 0 Å². The summed E-state index contributed by atoms with van der Waals surface area (Å²) in [6.07, 6.45) is 5.43. The van der Waals surface area contributed by atoms with Crippen LogP contribution in [0.4, 0.5) is 0 Å². The highest BCUT2D eigenvalue weighted by Crippen LogP contribution is 2.15. The third kappa shape index (κ3) is 4.74. The summed E-state index contributed by atoms with van der Waals surface area (Å²) in [6, 6.07) is 0. The summed E-state index contributed by atoms with van der Waals surface area (Å²) in [6.45, 7) is 5.53. The standard InChI is InChI=1S/C13H19N3O2S/c1-15-6-8-16(9-7-15)5-4-12-14-10-11(19-12)2-3-13(17)18/h2-3,10H,4-9H2,1H3,(H,17,18)/b3-2+. The van der Waals surface area contributed by atoms with Gasteiger partial charge in [-0.1, -0.05) is 0 Å². The lowest BCUT2D eigenvalue weighted by molar-refractivity contribution is -0.131. The number of piperazine rings is 1. The SMILES string of the molecule is CN1CCN(CCc2ncc(/C=C/C(=O)O)s2)CC1. The van der Waals surface area contributed by atoms with Crippen molar-refractivity contribution in [1.29, 1.82) is 0 Å². The number of nitrogens with zero attached hydrogens (tertiary/aromatic N) is 3. The number of carbonyl (C=O) groups is 1. The average molecular weight is 281 g/mol. The van der Waals surface area contributed by atoms with Crippen LogP contribution in [0.25, 0.3) is 6.08 Å². The fourth-order valence-corrected chi connectivity index (χ4v) is 2.81. The van der Waals surface area contributed by atoms with E-state index in [0.717, 1.165) is 55.1 Å². The van der Waals surface area contributed by atoms with Crippen LogP contribution in [-0.4, -0.2) is 65.6 Å². The van der Waals surface area contributed by atoms with E-state index in [9.17, 15) is 4.79 Å². The molecule has 0 amide bonds. The van der Waals surface area contributed by atoms with Gasteiger partial charge in [-0.05, 0) is 13.1 Å². The first-order valence-corrected chi connectivity index (χ1v) is 7.22. The van der Waals surface area contributed by atoms with E-state index < -0.39 is 5.97 Å². The zero-order valence-electron chi connectivity index (χ0n) is 11.1. The maximum absolute atomic E-state index is 10.4. The average Bonchev–Trinajstić information content (AvgIpc) is 2.84. The van der Waals surface area contributed by atoms with E-state index in [1.54, 1.807) is 23.6 Å². The predicted molar refractivity (Wildman–Crippen MR) is 76.4 cm³/mol. The Morgan fingerprint density at radius 1 is 1.47 bits per heavy atom. The van der Waals surface area contributed by atoms with Crippen molar-refractivity contribution >= 4 is 23.4 Å². The molecule has 1 saturated heterocycles. The van der Waals surface area contributed by atoms with Crippen LogP contribution in [0.15, 0.2) is 12.3 Å². The van der Waals surface area contributed by atoms with Crippen LogP contribution >= 0.6 is 11.3 Å². The molecule has 1 fully saturated rings. The molecule has 1 aromatic heterocycles. The van der Waals surface area contributed by atoms with E-state index in [4.69, 9.17) is 5.11 Å². The van der Waals surface area contributed by atoms with E-state index in [2.05, 4.69) is 21.8 Å². The Morgan fingerprint density at radius 3 is 2.89 bits per heavy atom. The van der Waals surface area contributed by atoms with Crippen molar-refractivity contribution in [3.05, 3.63) is 22.2 Å². The molecule has 0 unspecified atom stereocenters. The Labute approximate surface area is 117 Å². The maximum atomic E-state index is 10.4. The van der Waals surface area contributed by atoms with Crippen LogP contribution in [0.2, 0.25) is 0 Å². The first-order chi connectivity index (χ1) is 9.13. The van der Waals surface area contributed by atoms with Crippen LogP contribution in [0.1, 0.15) is 9.88 Å². The molecule has 19 heavy (non-hydrogen) atoms. The molecule has 0 radical (unpaired) electrons. The molecule has 5 nitrogen and oxygen atoms in total. The zero-order chi connectivity index (χ0) is 13.7. The molecule has 0 spiro atoms. The molecular formula is C13H19N3O2S. The van der Waals surface area contributed by atoms with Gasteiger partial charge in [-0.3, -0.25) is 0 Å². The van der Waals surface area contributed by atoms with Gasteiger partial charge in [-0.15, -0.1) is 11.3 Å². The Balaban J connectivity index is 1.78. The first-order valence-electron chi connectivity index (χ1n) is 6.40. The van der Waals surface area contributed by atoms with E-state index in [1.807, 2.05) is 0 Å². The summed E-state index contributed by atoms with van der Waals surface area (Å²) in [5.74, 6) is -0.924. The Bertz CT molecular complexity index is 450. The van der Waals surface area contributed by atoms with E-state index in [1.165, 1.54) is 0 Å². The lowest BCUT2D eigenvalue weighted by Gasteiger charge is -2.32. The van der Waals surface area contributed by atoms with Gasteiger partial charge in [-0.25, -0.2) is 9.78 Å². The highest BCUT2D eigenvalue weighted by molar-refractivity contribution is 7.12. The number of carboxylic acids is 1. The summed E-state index contributed by atoms with van der Waals surface area (Å²) < 4.78 is 0. The fourth-order valence-electron chi connectivity index (χ4n) is 2.00. The fraction of sp³-hybridized carbons (Fsp3) is 0.538. The second-order valence-electron chi connectivity index (χ2n) is 4.72. The van der Waals surface area contributed by atoms with Gasteiger partial charge in [0, 0.05) is 56.3 Å². The molecule has 6 heteroatoms. The summed E-state index contributed by atoms with van der Waals surface area (Å²) in [7, 11) is 2.15. The van der Waals surface area contributed by atoms with Crippen LogP contribution in [-0.2, 0) is 11.2 Å². The summed E-state index contributed by atoms with van der Waals surface area (Å²) in [5.41, 5.74) is 0. The number of hydrogen-bond acceptors (Lipinski definition) is 5. The van der Waals surface area contributed by atoms with Gasteiger partial charge in [0.15, 0.2) is 0 Å². The van der Waals surface area contributed by atoms with E-state index in [0.29, 0.717) is 0 Å². The molecule has 1 aliphatic rings. The second kappa shape index (κ2) is 6.79. The van der Waals surface area contributed by atoms with Gasteiger partial charge >= 0.3 is 5.97 Å². The normalized spacial score (nSPS) is 18.2. The van der Waals surface area contributed by atoms with Crippen molar-refractivity contribution < 1.29 is 9.90 Å². The predicted octanol–water partition coefficient (Wildman–Crippen LogP) is 1.03. The van der Waals surface area contributed by atoms with E-state index >= 15 is 0 Å². The molecular weight excluding hydrogens is 262 g/mol. The lowest BCUT2D eigenvalue weighted by Crippen LogP contribution is -2.45. The molecule has 2 heterocycles. The van der Waals surface area contributed by atoms with Gasteiger partial charge in [0.1, 0.15) is 0 Å². The van der Waals surface area contributed by atoms with Crippen molar-refractivity contribution in [2.45, 2.75) is 6.42 Å². The number of hydrogen-bond donors (Lipinski definition) is 1. The van der Waals surface area contributed by atoms with E-state index in [-0.39, 0.29) is 0 Å². The van der Waals surface area contributed by atoms with Crippen molar-refractivity contribution in [3.8, 4) is 0 Å². The monoisotopic (exact) mass is 281 g/mol. The number of likely N-dealkylation sites (N-methyl/N-ethyl adjacent to an activating group) is 1. The second-order valence-corrected chi connectivity index (χ2v) is 5.87. The van der Waals surface area contributed by atoms with Crippen LogP contribution < -0.4 is 0 Å².